The molecule has 1 aromatic carbocycles. The van der Waals surface area contributed by atoms with Crippen LogP contribution in [0.3, 0.4) is 0 Å². The van der Waals surface area contributed by atoms with Crippen molar-refractivity contribution < 1.29 is 13.5 Å². The Kier molecular flexibility index (Phi) is 4.28. The van der Waals surface area contributed by atoms with Crippen molar-refractivity contribution in [1.29, 1.82) is 0 Å². The normalized spacial score (nSPS) is 10.6. The fourth-order valence-electron chi connectivity index (χ4n) is 1.49. The molecular formula is C13H13F2NOS. The summed E-state index contributed by atoms with van der Waals surface area (Å²) >= 11 is 1.63. The first-order valence-electron chi connectivity index (χ1n) is 5.49. The van der Waals surface area contributed by atoms with E-state index in [0.717, 1.165) is 23.6 Å². The van der Waals surface area contributed by atoms with Gasteiger partial charge in [-0.1, -0.05) is 0 Å². The highest BCUT2D eigenvalue weighted by atomic mass is 32.1. The van der Waals surface area contributed by atoms with Crippen molar-refractivity contribution in [1.82, 2.24) is 5.32 Å². The number of nitrogens with one attached hydrogen (secondary N) is 1. The molecule has 1 N–H and O–H groups in total. The number of halogens is 2. The van der Waals surface area contributed by atoms with Gasteiger partial charge in [0.1, 0.15) is 12.4 Å². The summed E-state index contributed by atoms with van der Waals surface area (Å²) in [5, 5.41) is 3.06. The molecule has 2 aromatic rings. The van der Waals surface area contributed by atoms with Crippen molar-refractivity contribution in [3.63, 3.8) is 0 Å². The monoisotopic (exact) mass is 269 g/mol. The minimum atomic E-state index is -0.894. The third-order valence-corrected chi connectivity index (χ3v) is 3.40. The lowest BCUT2D eigenvalue weighted by molar-refractivity contribution is 0.307. The maximum atomic E-state index is 12.9. The van der Waals surface area contributed by atoms with Gasteiger partial charge in [0.25, 0.3) is 0 Å². The van der Waals surface area contributed by atoms with Gasteiger partial charge in [-0.25, -0.2) is 8.78 Å². The van der Waals surface area contributed by atoms with Gasteiger partial charge in [0.15, 0.2) is 11.6 Å². The van der Waals surface area contributed by atoms with Gasteiger partial charge >= 0.3 is 0 Å². The van der Waals surface area contributed by atoms with E-state index in [-0.39, 0.29) is 0 Å². The third kappa shape index (κ3) is 3.27. The molecule has 18 heavy (non-hydrogen) atoms. The van der Waals surface area contributed by atoms with E-state index in [4.69, 9.17) is 4.74 Å². The van der Waals surface area contributed by atoms with Gasteiger partial charge < -0.3 is 10.1 Å². The van der Waals surface area contributed by atoms with Gasteiger partial charge in [-0.15, -0.1) is 11.3 Å². The highest BCUT2D eigenvalue weighted by Gasteiger charge is 2.04. The molecule has 0 aliphatic carbocycles. The van der Waals surface area contributed by atoms with Crippen molar-refractivity contribution in [3.8, 4) is 5.75 Å². The Morgan fingerprint density at radius 3 is 2.61 bits per heavy atom. The van der Waals surface area contributed by atoms with Crippen LogP contribution in [0.1, 0.15) is 9.75 Å². The van der Waals surface area contributed by atoms with Crippen LogP contribution in [0.15, 0.2) is 30.3 Å². The predicted molar refractivity (Wildman–Crippen MR) is 67.8 cm³/mol. The summed E-state index contributed by atoms with van der Waals surface area (Å²) in [6, 6.07) is 7.52. The molecule has 2 nitrogen and oxygen atoms in total. The van der Waals surface area contributed by atoms with E-state index in [1.165, 1.54) is 10.9 Å². The summed E-state index contributed by atoms with van der Waals surface area (Å²) in [4.78, 5) is 2.26. The van der Waals surface area contributed by atoms with Crippen molar-refractivity contribution in [2.75, 3.05) is 7.05 Å². The number of hydrogen-bond donors (Lipinski definition) is 1. The number of rotatable bonds is 5. The molecule has 0 fully saturated rings. The lowest BCUT2D eigenvalue weighted by Gasteiger charge is -2.04. The second-order valence-electron chi connectivity index (χ2n) is 3.76. The molecule has 0 amide bonds. The molecule has 0 aliphatic rings. The molecule has 0 aliphatic heterocycles. The topological polar surface area (TPSA) is 21.3 Å². The Balaban J connectivity index is 1.95. The Hall–Kier alpha value is -1.46. The van der Waals surface area contributed by atoms with E-state index in [1.807, 2.05) is 19.2 Å². The molecule has 0 unspecified atom stereocenters. The van der Waals surface area contributed by atoms with Crippen molar-refractivity contribution in [3.05, 3.63) is 51.7 Å². The highest BCUT2D eigenvalue weighted by molar-refractivity contribution is 7.11. The van der Waals surface area contributed by atoms with E-state index in [2.05, 4.69) is 5.32 Å². The zero-order valence-corrected chi connectivity index (χ0v) is 10.7. The summed E-state index contributed by atoms with van der Waals surface area (Å²) in [5.74, 6) is -1.43. The Bertz CT molecular complexity index is 527. The van der Waals surface area contributed by atoms with E-state index >= 15 is 0 Å². The van der Waals surface area contributed by atoms with E-state index in [1.54, 1.807) is 11.3 Å². The van der Waals surface area contributed by atoms with Gasteiger partial charge in [-0.2, -0.15) is 0 Å². The first-order valence-corrected chi connectivity index (χ1v) is 6.30. The summed E-state index contributed by atoms with van der Waals surface area (Å²) in [6.45, 7) is 1.18. The average molecular weight is 269 g/mol. The highest BCUT2D eigenvalue weighted by Crippen LogP contribution is 2.20. The summed E-state index contributed by atoms with van der Waals surface area (Å²) < 4.78 is 31.1. The van der Waals surface area contributed by atoms with Gasteiger partial charge in [-0.05, 0) is 31.3 Å². The van der Waals surface area contributed by atoms with Crippen LogP contribution in [0.4, 0.5) is 8.78 Å². The maximum absolute atomic E-state index is 12.9. The molecular weight excluding hydrogens is 256 g/mol. The molecule has 96 valence electrons. The van der Waals surface area contributed by atoms with Crippen molar-refractivity contribution >= 4 is 11.3 Å². The molecule has 0 radical (unpaired) electrons. The Morgan fingerprint density at radius 1 is 1.11 bits per heavy atom. The van der Waals surface area contributed by atoms with Crippen LogP contribution in [0, 0.1) is 11.6 Å². The molecule has 0 atom stereocenters. The summed E-state index contributed by atoms with van der Waals surface area (Å²) in [5.41, 5.74) is 0. The molecule has 0 spiro atoms. The molecule has 0 saturated carbocycles. The van der Waals surface area contributed by atoms with Crippen LogP contribution in [-0.2, 0) is 13.2 Å². The molecule has 2 rings (SSSR count). The van der Waals surface area contributed by atoms with Crippen LogP contribution in [-0.4, -0.2) is 7.05 Å². The number of thiophene rings is 1. The van der Waals surface area contributed by atoms with Gasteiger partial charge in [0.05, 0.1) is 0 Å². The van der Waals surface area contributed by atoms with E-state index in [0.29, 0.717) is 12.4 Å². The van der Waals surface area contributed by atoms with Crippen molar-refractivity contribution in [2.45, 2.75) is 13.2 Å². The molecule has 1 aromatic heterocycles. The van der Waals surface area contributed by atoms with Crippen molar-refractivity contribution in [2.24, 2.45) is 0 Å². The smallest absolute Gasteiger partial charge is 0.162 e. The minimum Gasteiger partial charge on any atom is -0.488 e. The Labute approximate surface area is 108 Å². The van der Waals surface area contributed by atoms with Gasteiger partial charge in [0, 0.05) is 22.4 Å². The summed E-state index contributed by atoms with van der Waals surface area (Å²) in [7, 11) is 1.89. The van der Waals surface area contributed by atoms with E-state index in [9.17, 15) is 8.78 Å². The number of ether oxygens (including phenoxy) is 1. The lowest BCUT2D eigenvalue weighted by atomic mass is 10.3. The second-order valence-corrected chi connectivity index (χ2v) is 5.02. The minimum absolute atomic E-state index is 0.331. The van der Waals surface area contributed by atoms with Gasteiger partial charge in [0.2, 0.25) is 0 Å². The van der Waals surface area contributed by atoms with Crippen LogP contribution in [0.5, 0.6) is 5.75 Å². The third-order valence-electron chi connectivity index (χ3n) is 2.34. The zero-order valence-electron chi connectivity index (χ0n) is 9.87. The maximum Gasteiger partial charge on any atom is 0.162 e. The number of hydrogen-bond acceptors (Lipinski definition) is 3. The lowest BCUT2D eigenvalue weighted by Crippen LogP contribution is -2.02. The van der Waals surface area contributed by atoms with Crippen LogP contribution >= 0.6 is 11.3 Å². The van der Waals surface area contributed by atoms with Crippen LogP contribution in [0.25, 0.3) is 0 Å². The van der Waals surface area contributed by atoms with Crippen LogP contribution < -0.4 is 10.1 Å². The number of benzene rings is 1. The molecule has 0 saturated heterocycles. The van der Waals surface area contributed by atoms with E-state index < -0.39 is 11.6 Å². The average Bonchev–Trinajstić information content (AvgIpc) is 2.79. The van der Waals surface area contributed by atoms with Crippen LogP contribution in [0.2, 0.25) is 0 Å². The fourth-order valence-corrected chi connectivity index (χ4v) is 2.43. The Morgan fingerprint density at radius 2 is 1.89 bits per heavy atom. The second kappa shape index (κ2) is 5.93. The zero-order chi connectivity index (χ0) is 13.0. The fraction of sp³-hybridized carbons (Fsp3) is 0.231. The first-order chi connectivity index (χ1) is 8.69. The quantitative estimate of drug-likeness (QED) is 0.899. The first kappa shape index (κ1) is 13.0. The molecule has 0 bridgehead atoms. The standard InChI is InChI=1S/C13H13F2NOS/c1-16-7-10-3-4-11(18-10)8-17-9-2-5-12(14)13(15)6-9/h2-6,16H,7-8H2,1H3. The molecule has 1 heterocycles. The molecule has 5 heteroatoms. The SMILES string of the molecule is CNCc1ccc(COc2ccc(F)c(F)c2)s1. The largest absolute Gasteiger partial charge is 0.488 e. The predicted octanol–water partition coefficient (Wildman–Crippen LogP) is 3.32. The van der Waals surface area contributed by atoms with Gasteiger partial charge in [-0.3, -0.25) is 0 Å². The summed E-state index contributed by atoms with van der Waals surface area (Å²) in [6.07, 6.45) is 0.